The van der Waals surface area contributed by atoms with Gasteiger partial charge in [0.15, 0.2) is 11.6 Å². The summed E-state index contributed by atoms with van der Waals surface area (Å²) in [6, 6.07) is 12.0. The topological polar surface area (TPSA) is 9.23 Å². The number of hydrogen-bond donors (Lipinski definition) is 0. The Kier molecular flexibility index (Phi) is 10.8. The Balaban J connectivity index is 1.11. The van der Waals surface area contributed by atoms with Crippen LogP contribution in [0.5, 0.6) is 0 Å². The minimum atomic E-state index is -0.810. The van der Waals surface area contributed by atoms with Crippen molar-refractivity contribution in [1.29, 1.82) is 0 Å². The van der Waals surface area contributed by atoms with Gasteiger partial charge in [0.25, 0.3) is 0 Å². The molecule has 2 aliphatic carbocycles. The van der Waals surface area contributed by atoms with Crippen molar-refractivity contribution >= 4 is 0 Å². The Hall–Kier alpha value is -1.74. The van der Waals surface area contributed by atoms with E-state index in [0.29, 0.717) is 18.3 Å². The van der Waals surface area contributed by atoms with Crippen molar-refractivity contribution in [3.63, 3.8) is 0 Å². The van der Waals surface area contributed by atoms with Gasteiger partial charge >= 0.3 is 0 Å². The second-order valence-electron chi connectivity index (χ2n) is 11.5. The van der Waals surface area contributed by atoms with Gasteiger partial charge in [0.05, 0.1) is 12.7 Å². The maximum absolute atomic E-state index is 13.5. The lowest BCUT2D eigenvalue weighted by molar-refractivity contribution is -0.00285. The fourth-order valence-corrected chi connectivity index (χ4v) is 6.57. The molecular formula is C33H46F2O. The molecule has 3 heteroatoms. The van der Waals surface area contributed by atoms with Crippen LogP contribution in [0.2, 0.25) is 0 Å². The SMILES string of the molecule is CCCCCCCCC1CCC(C2CCC(OCc3ccc(-c4ccc(F)c(F)c4)cc3)CC2)CC1. The van der Waals surface area contributed by atoms with Crippen LogP contribution in [0.4, 0.5) is 8.78 Å². The third-order valence-electron chi connectivity index (χ3n) is 8.94. The quantitative estimate of drug-likeness (QED) is 0.266. The summed E-state index contributed by atoms with van der Waals surface area (Å²) in [7, 11) is 0. The average molecular weight is 497 g/mol. The zero-order valence-electron chi connectivity index (χ0n) is 22.3. The number of benzene rings is 2. The van der Waals surface area contributed by atoms with Crippen LogP contribution in [-0.2, 0) is 11.3 Å². The van der Waals surface area contributed by atoms with Crippen LogP contribution in [0.15, 0.2) is 42.5 Å². The number of hydrogen-bond acceptors (Lipinski definition) is 1. The average Bonchev–Trinajstić information content (AvgIpc) is 2.92. The lowest BCUT2D eigenvalue weighted by Gasteiger charge is -2.38. The molecule has 2 aromatic carbocycles. The largest absolute Gasteiger partial charge is 0.374 e. The summed E-state index contributed by atoms with van der Waals surface area (Å²) in [5, 5.41) is 0. The molecule has 0 unspecified atom stereocenters. The zero-order valence-corrected chi connectivity index (χ0v) is 22.3. The second kappa shape index (κ2) is 14.3. The molecule has 0 N–H and O–H groups in total. The van der Waals surface area contributed by atoms with E-state index >= 15 is 0 Å². The van der Waals surface area contributed by atoms with Gasteiger partial charge in [0.2, 0.25) is 0 Å². The number of unbranched alkanes of at least 4 members (excludes halogenated alkanes) is 5. The molecule has 0 heterocycles. The van der Waals surface area contributed by atoms with Gasteiger partial charge in [0, 0.05) is 0 Å². The molecule has 2 aliphatic rings. The predicted octanol–water partition coefficient (Wildman–Crippen LogP) is 10.3. The first kappa shape index (κ1) is 27.3. The van der Waals surface area contributed by atoms with Gasteiger partial charge in [-0.15, -0.1) is 0 Å². The van der Waals surface area contributed by atoms with Crippen molar-refractivity contribution in [1.82, 2.24) is 0 Å². The molecule has 0 aliphatic heterocycles. The number of ether oxygens (including phenoxy) is 1. The van der Waals surface area contributed by atoms with Gasteiger partial charge in [-0.1, -0.05) is 95.0 Å². The molecule has 1 nitrogen and oxygen atoms in total. The summed E-state index contributed by atoms with van der Waals surface area (Å²) in [6.45, 7) is 2.92. The smallest absolute Gasteiger partial charge is 0.159 e. The Morgan fingerprint density at radius 3 is 1.94 bits per heavy atom. The highest BCUT2D eigenvalue weighted by Gasteiger charge is 2.31. The maximum Gasteiger partial charge on any atom is 0.159 e. The van der Waals surface area contributed by atoms with E-state index in [2.05, 4.69) is 6.92 Å². The van der Waals surface area contributed by atoms with Gasteiger partial charge in [-0.3, -0.25) is 0 Å². The summed E-state index contributed by atoms with van der Waals surface area (Å²) in [5.74, 6) is 1.25. The van der Waals surface area contributed by atoms with Crippen molar-refractivity contribution in [3.8, 4) is 11.1 Å². The summed E-state index contributed by atoms with van der Waals surface area (Å²) >= 11 is 0. The highest BCUT2D eigenvalue weighted by atomic mass is 19.2. The molecule has 0 amide bonds. The normalized spacial score (nSPS) is 24.6. The summed E-state index contributed by atoms with van der Waals surface area (Å²) < 4.78 is 33.0. The number of rotatable bonds is 12. The molecular weight excluding hydrogens is 450 g/mol. The molecule has 2 fully saturated rings. The van der Waals surface area contributed by atoms with E-state index in [4.69, 9.17) is 4.74 Å². The highest BCUT2D eigenvalue weighted by Crippen LogP contribution is 2.41. The van der Waals surface area contributed by atoms with E-state index in [1.807, 2.05) is 24.3 Å². The van der Waals surface area contributed by atoms with Gasteiger partial charge in [-0.25, -0.2) is 8.78 Å². The minimum absolute atomic E-state index is 0.371. The lowest BCUT2D eigenvalue weighted by atomic mass is 9.70. The lowest BCUT2D eigenvalue weighted by Crippen LogP contribution is -2.28. The predicted molar refractivity (Wildman–Crippen MR) is 146 cm³/mol. The number of halogens is 2. The van der Waals surface area contributed by atoms with Crippen LogP contribution in [0.25, 0.3) is 11.1 Å². The highest BCUT2D eigenvalue weighted by molar-refractivity contribution is 5.63. The van der Waals surface area contributed by atoms with Crippen LogP contribution in [-0.4, -0.2) is 6.10 Å². The maximum atomic E-state index is 13.5. The van der Waals surface area contributed by atoms with Crippen molar-refractivity contribution in [2.24, 2.45) is 17.8 Å². The Morgan fingerprint density at radius 2 is 1.28 bits per heavy atom. The minimum Gasteiger partial charge on any atom is -0.374 e. The molecule has 0 atom stereocenters. The summed E-state index contributed by atoms with van der Waals surface area (Å²) in [5.41, 5.74) is 2.71. The molecule has 4 rings (SSSR count). The van der Waals surface area contributed by atoms with E-state index in [0.717, 1.165) is 28.9 Å². The third kappa shape index (κ3) is 8.13. The molecule has 36 heavy (non-hydrogen) atoms. The Labute approximate surface area is 218 Å². The summed E-state index contributed by atoms with van der Waals surface area (Å²) in [4.78, 5) is 0. The van der Waals surface area contributed by atoms with Crippen molar-refractivity contribution in [2.45, 2.75) is 116 Å². The first-order chi connectivity index (χ1) is 17.6. The van der Waals surface area contributed by atoms with Gasteiger partial charge in [0.1, 0.15) is 0 Å². The van der Waals surface area contributed by atoms with Crippen LogP contribution in [0.1, 0.15) is 109 Å². The molecule has 2 aromatic rings. The standard InChI is InChI=1S/C33H46F2O/c1-2-3-4-5-6-7-8-25-9-13-27(14-10-25)28-17-20-31(21-18-28)36-24-26-11-15-29(16-12-26)30-19-22-32(34)33(35)23-30/h11-12,15-16,19,22-23,25,27-28,31H,2-10,13-14,17-18,20-21,24H2,1H3. The third-order valence-corrected chi connectivity index (χ3v) is 8.94. The van der Waals surface area contributed by atoms with Crippen LogP contribution in [0, 0.1) is 29.4 Å². The molecule has 198 valence electrons. The molecule has 0 spiro atoms. The monoisotopic (exact) mass is 496 g/mol. The van der Waals surface area contributed by atoms with E-state index in [-0.39, 0.29) is 0 Å². The van der Waals surface area contributed by atoms with Crippen LogP contribution in [0.3, 0.4) is 0 Å². The van der Waals surface area contributed by atoms with Gasteiger partial charge in [-0.05, 0) is 85.1 Å². The van der Waals surface area contributed by atoms with Crippen molar-refractivity contribution in [3.05, 3.63) is 59.7 Å². The Morgan fingerprint density at radius 1 is 0.667 bits per heavy atom. The molecule has 0 bridgehead atoms. The van der Waals surface area contributed by atoms with Crippen LogP contribution >= 0.6 is 0 Å². The first-order valence-electron chi connectivity index (χ1n) is 14.8. The van der Waals surface area contributed by atoms with E-state index < -0.39 is 11.6 Å². The molecule has 2 saturated carbocycles. The second-order valence-corrected chi connectivity index (χ2v) is 11.5. The zero-order chi connectivity index (χ0) is 25.2. The first-order valence-corrected chi connectivity index (χ1v) is 14.8. The van der Waals surface area contributed by atoms with E-state index in [9.17, 15) is 8.78 Å². The van der Waals surface area contributed by atoms with Gasteiger partial charge < -0.3 is 4.74 Å². The van der Waals surface area contributed by atoms with Crippen molar-refractivity contribution in [2.75, 3.05) is 0 Å². The van der Waals surface area contributed by atoms with Crippen molar-refractivity contribution < 1.29 is 13.5 Å². The van der Waals surface area contributed by atoms with Gasteiger partial charge in [-0.2, -0.15) is 0 Å². The molecule has 0 aromatic heterocycles. The fraction of sp³-hybridized carbons (Fsp3) is 0.636. The van der Waals surface area contributed by atoms with Crippen LogP contribution < -0.4 is 0 Å². The fourth-order valence-electron chi connectivity index (χ4n) is 6.57. The molecule has 0 saturated heterocycles. The molecule has 0 radical (unpaired) electrons. The van der Waals surface area contributed by atoms with E-state index in [1.54, 1.807) is 6.07 Å². The summed E-state index contributed by atoms with van der Waals surface area (Å²) in [6.07, 6.45) is 21.3. The van der Waals surface area contributed by atoms with E-state index in [1.165, 1.54) is 108 Å². The Bertz CT molecular complexity index is 892.